The second-order valence-corrected chi connectivity index (χ2v) is 7.21. The van der Waals surface area contributed by atoms with Crippen molar-refractivity contribution < 1.29 is 4.79 Å². The molecule has 0 unspecified atom stereocenters. The lowest BCUT2D eigenvalue weighted by Crippen LogP contribution is -2.29. The molecule has 2 N–H and O–H groups in total. The van der Waals surface area contributed by atoms with Gasteiger partial charge in [-0.05, 0) is 25.1 Å². The molecule has 0 aliphatic carbocycles. The molecule has 2 aromatic rings. The van der Waals surface area contributed by atoms with Gasteiger partial charge in [-0.1, -0.05) is 23.3 Å². The number of halogens is 3. The third kappa shape index (κ3) is 5.45. The van der Waals surface area contributed by atoms with Crippen molar-refractivity contribution in [2.45, 2.75) is 6.42 Å². The van der Waals surface area contributed by atoms with Crippen LogP contribution in [0.5, 0.6) is 0 Å². The summed E-state index contributed by atoms with van der Waals surface area (Å²) in [5.41, 5.74) is 1.73. The van der Waals surface area contributed by atoms with Gasteiger partial charge < -0.3 is 10.6 Å². The smallest absolute Gasteiger partial charge is 0.271 e. The van der Waals surface area contributed by atoms with Gasteiger partial charge in [-0.2, -0.15) is 0 Å². The van der Waals surface area contributed by atoms with Crippen LogP contribution >= 0.6 is 59.1 Å². The molecule has 0 saturated carbocycles. The van der Waals surface area contributed by atoms with Crippen molar-refractivity contribution in [2.75, 3.05) is 19.6 Å². The van der Waals surface area contributed by atoms with E-state index in [0.29, 0.717) is 12.2 Å². The quantitative estimate of drug-likeness (QED) is 0.746. The van der Waals surface area contributed by atoms with E-state index in [9.17, 15) is 4.79 Å². The molecule has 2 aromatic heterocycles. The Labute approximate surface area is 160 Å². The van der Waals surface area contributed by atoms with E-state index in [1.54, 1.807) is 5.38 Å². The lowest BCUT2D eigenvalue weighted by Gasteiger charge is -2.14. The van der Waals surface area contributed by atoms with Gasteiger partial charge in [0.2, 0.25) is 0 Å². The van der Waals surface area contributed by atoms with E-state index in [1.807, 2.05) is 12.1 Å². The summed E-state index contributed by atoms with van der Waals surface area (Å²) < 4.78 is 0.726. The summed E-state index contributed by atoms with van der Waals surface area (Å²) in [6.07, 6.45) is 3.11. The average Bonchev–Trinajstić information content (AvgIpc) is 3.14. The SMILES string of the molecule is Cl.Cl.O=C(NCC1=CCNCC1)c1csc(-c2ccc(Cl)s2)n1. The van der Waals surface area contributed by atoms with Crippen molar-refractivity contribution in [3.63, 3.8) is 0 Å². The third-order valence-electron chi connectivity index (χ3n) is 3.15. The van der Waals surface area contributed by atoms with E-state index in [4.69, 9.17) is 11.6 Å². The lowest BCUT2D eigenvalue weighted by atomic mass is 10.1. The number of aromatic nitrogens is 1. The van der Waals surface area contributed by atoms with Crippen molar-refractivity contribution in [2.24, 2.45) is 0 Å². The van der Waals surface area contributed by atoms with Crippen LogP contribution in [0, 0.1) is 0 Å². The Morgan fingerprint density at radius 2 is 2.22 bits per heavy atom. The number of nitrogens with one attached hydrogen (secondary N) is 2. The van der Waals surface area contributed by atoms with Gasteiger partial charge in [0, 0.05) is 18.5 Å². The van der Waals surface area contributed by atoms with Gasteiger partial charge in [-0.25, -0.2) is 4.98 Å². The Bertz CT molecular complexity index is 684. The molecule has 4 nitrogen and oxygen atoms in total. The minimum atomic E-state index is -0.125. The standard InChI is InChI=1S/C14H14ClN3OS2.2ClH/c15-12-2-1-11(21-12)14-18-10(8-20-14)13(19)17-7-9-3-5-16-6-4-9;;/h1-3,8,16H,4-7H2,(H,17,19);2*1H. The molecular formula is C14H16Cl3N3OS2. The number of hydrogen-bond acceptors (Lipinski definition) is 5. The van der Waals surface area contributed by atoms with Crippen molar-refractivity contribution in [3.8, 4) is 9.88 Å². The molecule has 0 spiro atoms. The van der Waals surface area contributed by atoms with E-state index < -0.39 is 0 Å². The number of thiophene rings is 1. The third-order valence-corrected chi connectivity index (χ3v) is 5.40. The molecule has 1 aliphatic heterocycles. The summed E-state index contributed by atoms with van der Waals surface area (Å²) in [6.45, 7) is 2.45. The fourth-order valence-electron chi connectivity index (χ4n) is 2.03. The summed E-state index contributed by atoms with van der Waals surface area (Å²) in [5, 5.41) is 8.79. The molecule has 1 amide bonds. The second kappa shape index (κ2) is 9.61. The van der Waals surface area contributed by atoms with Crippen LogP contribution in [0.3, 0.4) is 0 Å². The minimum Gasteiger partial charge on any atom is -0.347 e. The van der Waals surface area contributed by atoms with Crippen molar-refractivity contribution >= 4 is 65.0 Å². The predicted octanol–water partition coefficient (Wildman–Crippen LogP) is 4.02. The summed E-state index contributed by atoms with van der Waals surface area (Å²) in [7, 11) is 0. The average molecular weight is 413 g/mol. The van der Waals surface area contributed by atoms with Gasteiger partial charge in [-0.15, -0.1) is 47.5 Å². The van der Waals surface area contributed by atoms with Crippen LogP contribution in [0.15, 0.2) is 29.2 Å². The number of rotatable bonds is 4. The second-order valence-electron chi connectivity index (χ2n) is 4.64. The van der Waals surface area contributed by atoms with Gasteiger partial charge in [0.1, 0.15) is 10.7 Å². The highest BCUT2D eigenvalue weighted by atomic mass is 35.5. The van der Waals surface area contributed by atoms with Crippen LogP contribution in [-0.4, -0.2) is 30.5 Å². The van der Waals surface area contributed by atoms with Crippen molar-refractivity contribution in [1.82, 2.24) is 15.6 Å². The molecule has 1 aliphatic rings. The van der Waals surface area contributed by atoms with E-state index in [2.05, 4.69) is 21.7 Å². The normalized spacial score (nSPS) is 13.5. The van der Waals surface area contributed by atoms with Crippen molar-refractivity contribution in [3.05, 3.63) is 39.2 Å². The highest BCUT2D eigenvalue weighted by Gasteiger charge is 2.13. The summed E-state index contributed by atoms with van der Waals surface area (Å²) in [5.74, 6) is -0.125. The monoisotopic (exact) mass is 411 g/mol. The van der Waals surface area contributed by atoms with Crippen LogP contribution in [0.4, 0.5) is 0 Å². The first-order chi connectivity index (χ1) is 10.2. The summed E-state index contributed by atoms with van der Waals surface area (Å²) in [4.78, 5) is 17.5. The zero-order chi connectivity index (χ0) is 14.7. The molecule has 0 aromatic carbocycles. The van der Waals surface area contributed by atoms with Crippen LogP contribution < -0.4 is 10.6 Å². The molecule has 3 rings (SSSR count). The Morgan fingerprint density at radius 3 is 2.87 bits per heavy atom. The number of thiazole rings is 1. The Morgan fingerprint density at radius 1 is 1.39 bits per heavy atom. The highest BCUT2D eigenvalue weighted by Crippen LogP contribution is 2.32. The molecule has 0 saturated heterocycles. The highest BCUT2D eigenvalue weighted by molar-refractivity contribution is 7.23. The largest absolute Gasteiger partial charge is 0.347 e. The molecule has 23 heavy (non-hydrogen) atoms. The van der Waals surface area contributed by atoms with Crippen molar-refractivity contribution in [1.29, 1.82) is 0 Å². The minimum absolute atomic E-state index is 0. The number of nitrogens with zero attached hydrogens (tertiary/aromatic N) is 1. The van der Waals surface area contributed by atoms with Crippen LogP contribution in [0.1, 0.15) is 16.9 Å². The maximum Gasteiger partial charge on any atom is 0.271 e. The predicted molar refractivity (Wildman–Crippen MR) is 103 cm³/mol. The Hall–Kier alpha value is -0.630. The van der Waals surface area contributed by atoms with E-state index in [-0.39, 0.29) is 30.7 Å². The Kier molecular flexibility index (Phi) is 8.53. The van der Waals surface area contributed by atoms with Crippen LogP contribution in [-0.2, 0) is 0 Å². The molecular weight excluding hydrogens is 397 g/mol. The fraction of sp³-hybridized carbons (Fsp3) is 0.286. The van der Waals surface area contributed by atoms with Gasteiger partial charge in [0.05, 0.1) is 9.21 Å². The summed E-state index contributed by atoms with van der Waals surface area (Å²) >= 11 is 8.85. The zero-order valence-electron chi connectivity index (χ0n) is 12.0. The van der Waals surface area contributed by atoms with E-state index in [1.165, 1.54) is 28.2 Å². The van der Waals surface area contributed by atoms with Gasteiger partial charge in [0.15, 0.2) is 0 Å². The van der Waals surface area contributed by atoms with Gasteiger partial charge in [-0.3, -0.25) is 4.79 Å². The topological polar surface area (TPSA) is 54.0 Å². The first-order valence-corrected chi connectivity index (χ1v) is 8.68. The Balaban J connectivity index is 0.00000132. The lowest BCUT2D eigenvalue weighted by molar-refractivity contribution is 0.0952. The molecule has 0 bridgehead atoms. The molecule has 9 heteroatoms. The number of carbonyl (C=O) groups excluding carboxylic acids is 1. The maximum absolute atomic E-state index is 12.1. The van der Waals surface area contributed by atoms with E-state index in [0.717, 1.165) is 33.7 Å². The number of carbonyl (C=O) groups is 1. The first-order valence-electron chi connectivity index (χ1n) is 6.60. The molecule has 126 valence electrons. The maximum atomic E-state index is 12.1. The molecule has 0 atom stereocenters. The number of amides is 1. The fourth-order valence-corrected chi connectivity index (χ4v) is 3.95. The van der Waals surface area contributed by atoms with Crippen LogP contribution in [0.25, 0.3) is 9.88 Å². The van der Waals surface area contributed by atoms with Crippen LogP contribution in [0.2, 0.25) is 4.34 Å². The molecule has 3 heterocycles. The molecule has 0 fully saturated rings. The zero-order valence-corrected chi connectivity index (χ0v) is 16.0. The van der Waals surface area contributed by atoms with Gasteiger partial charge in [0.25, 0.3) is 5.91 Å². The first kappa shape index (κ1) is 20.4. The number of hydrogen-bond donors (Lipinski definition) is 2. The summed E-state index contributed by atoms with van der Waals surface area (Å²) in [6, 6.07) is 3.76. The van der Waals surface area contributed by atoms with Gasteiger partial charge >= 0.3 is 0 Å². The molecule has 0 radical (unpaired) electrons. The van der Waals surface area contributed by atoms with E-state index >= 15 is 0 Å².